The third kappa shape index (κ3) is 3.79. The molecule has 1 aromatic heterocycles. The molecular weight excluding hydrogens is 326 g/mol. The van der Waals surface area contributed by atoms with Gasteiger partial charge in [0.1, 0.15) is 5.01 Å². The summed E-state index contributed by atoms with van der Waals surface area (Å²) in [6, 6.07) is 6.40. The molecule has 1 aliphatic carbocycles. The van der Waals surface area contributed by atoms with E-state index in [1.807, 2.05) is 0 Å². The van der Waals surface area contributed by atoms with E-state index in [2.05, 4.69) is 20.3 Å². The first-order valence-electron chi connectivity index (χ1n) is 8.00. The van der Waals surface area contributed by atoms with Crippen LogP contribution in [0.5, 0.6) is 0 Å². The molecule has 3 rings (SSSR count). The number of aromatic nitrogens is 2. The third-order valence-corrected chi connectivity index (χ3v) is 5.16. The first-order valence-corrected chi connectivity index (χ1v) is 8.82. The predicted octanol–water partition coefficient (Wildman–Crippen LogP) is 3.62. The second-order valence-electron chi connectivity index (χ2n) is 5.81. The number of hydrogen-bond acceptors (Lipinski definition) is 6. The molecular formula is C17H19N3O3S. The van der Waals surface area contributed by atoms with Crippen molar-refractivity contribution in [1.29, 1.82) is 0 Å². The average Bonchev–Trinajstić information content (AvgIpc) is 3.10. The van der Waals surface area contributed by atoms with E-state index in [0.717, 1.165) is 17.8 Å². The van der Waals surface area contributed by atoms with Crippen LogP contribution in [-0.4, -0.2) is 29.2 Å². The van der Waals surface area contributed by atoms with Crippen LogP contribution in [0.4, 0.5) is 5.13 Å². The first-order chi connectivity index (χ1) is 11.7. The number of nitrogens with zero attached hydrogens (tertiary/aromatic N) is 2. The Morgan fingerprint density at radius 1 is 1.17 bits per heavy atom. The highest BCUT2D eigenvalue weighted by atomic mass is 32.1. The van der Waals surface area contributed by atoms with E-state index < -0.39 is 5.97 Å². The van der Waals surface area contributed by atoms with E-state index in [1.54, 1.807) is 18.2 Å². The van der Waals surface area contributed by atoms with E-state index >= 15 is 0 Å². The molecule has 1 heterocycles. The Bertz CT molecular complexity index is 738. The molecule has 1 amide bonds. The van der Waals surface area contributed by atoms with Gasteiger partial charge in [-0.2, -0.15) is 0 Å². The van der Waals surface area contributed by atoms with Gasteiger partial charge in [0.05, 0.1) is 12.7 Å². The minimum atomic E-state index is -0.472. The van der Waals surface area contributed by atoms with Crippen molar-refractivity contribution in [3.8, 4) is 0 Å². The molecule has 6 nitrogen and oxygen atoms in total. The number of amides is 1. The number of hydrogen-bond donors (Lipinski definition) is 1. The van der Waals surface area contributed by atoms with E-state index in [0.29, 0.717) is 22.2 Å². The number of esters is 1. The second kappa shape index (κ2) is 7.53. The summed E-state index contributed by atoms with van der Waals surface area (Å²) in [4.78, 5) is 23.9. The van der Waals surface area contributed by atoms with Gasteiger partial charge >= 0.3 is 5.97 Å². The summed E-state index contributed by atoms with van der Waals surface area (Å²) in [5.41, 5.74) is 0.720. The maximum absolute atomic E-state index is 12.3. The van der Waals surface area contributed by atoms with Crippen molar-refractivity contribution in [2.24, 2.45) is 0 Å². The zero-order valence-corrected chi connectivity index (χ0v) is 14.3. The van der Waals surface area contributed by atoms with Crippen LogP contribution in [0.1, 0.15) is 63.7 Å². The van der Waals surface area contributed by atoms with Crippen molar-refractivity contribution in [1.82, 2.24) is 10.2 Å². The van der Waals surface area contributed by atoms with Gasteiger partial charge in [-0.25, -0.2) is 4.79 Å². The average molecular weight is 345 g/mol. The summed E-state index contributed by atoms with van der Waals surface area (Å²) in [5.74, 6) is -0.322. The van der Waals surface area contributed by atoms with Crippen LogP contribution in [-0.2, 0) is 4.74 Å². The molecule has 2 aromatic rings. The van der Waals surface area contributed by atoms with E-state index in [9.17, 15) is 9.59 Å². The fourth-order valence-corrected chi connectivity index (χ4v) is 3.78. The van der Waals surface area contributed by atoms with Gasteiger partial charge in [-0.15, -0.1) is 10.2 Å². The largest absolute Gasteiger partial charge is 0.465 e. The fourth-order valence-electron chi connectivity index (χ4n) is 2.87. The Labute approximate surface area is 144 Å². The zero-order valence-electron chi connectivity index (χ0n) is 13.4. The lowest BCUT2D eigenvalue weighted by atomic mass is 9.90. The van der Waals surface area contributed by atoms with Gasteiger partial charge in [0.2, 0.25) is 5.13 Å². The Morgan fingerprint density at radius 3 is 2.67 bits per heavy atom. The Kier molecular flexibility index (Phi) is 5.20. The van der Waals surface area contributed by atoms with Crippen LogP contribution in [0.15, 0.2) is 24.3 Å². The van der Waals surface area contributed by atoms with Crippen molar-refractivity contribution in [3.63, 3.8) is 0 Å². The summed E-state index contributed by atoms with van der Waals surface area (Å²) >= 11 is 1.43. The van der Waals surface area contributed by atoms with Gasteiger partial charge in [-0.05, 0) is 31.0 Å². The van der Waals surface area contributed by atoms with E-state index in [1.165, 1.54) is 43.8 Å². The molecule has 0 radical (unpaired) electrons. The molecule has 0 unspecified atom stereocenters. The molecule has 0 aliphatic heterocycles. The number of anilines is 1. The predicted molar refractivity (Wildman–Crippen MR) is 91.5 cm³/mol. The van der Waals surface area contributed by atoms with Crippen LogP contribution in [0.2, 0.25) is 0 Å². The lowest BCUT2D eigenvalue weighted by molar-refractivity contribution is 0.0600. The number of methoxy groups -OCH3 is 1. The first kappa shape index (κ1) is 16.6. The monoisotopic (exact) mass is 345 g/mol. The Balaban J connectivity index is 1.68. The van der Waals surface area contributed by atoms with Crippen molar-refractivity contribution in [2.45, 2.75) is 38.0 Å². The van der Waals surface area contributed by atoms with Gasteiger partial charge < -0.3 is 4.74 Å². The molecule has 1 aliphatic rings. The lowest BCUT2D eigenvalue weighted by Crippen LogP contribution is -2.13. The molecule has 0 saturated heterocycles. The molecule has 126 valence electrons. The van der Waals surface area contributed by atoms with E-state index in [-0.39, 0.29) is 5.91 Å². The molecule has 0 spiro atoms. The number of benzene rings is 1. The molecule has 24 heavy (non-hydrogen) atoms. The second-order valence-corrected chi connectivity index (χ2v) is 6.82. The minimum Gasteiger partial charge on any atom is -0.465 e. The summed E-state index contributed by atoms with van der Waals surface area (Å²) in [6.07, 6.45) is 6.03. The van der Waals surface area contributed by atoms with Crippen LogP contribution >= 0.6 is 11.3 Å². The molecule has 1 N–H and O–H groups in total. The maximum Gasteiger partial charge on any atom is 0.337 e. The summed E-state index contributed by atoms with van der Waals surface area (Å²) in [6.45, 7) is 0. The summed E-state index contributed by atoms with van der Waals surface area (Å²) in [7, 11) is 1.31. The maximum atomic E-state index is 12.3. The molecule has 7 heteroatoms. The highest BCUT2D eigenvalue weighted by molar-refractivity contribution is 7.15. The number of ether oxygens (including phenoxy) is 1. The summed E-state index contributed by atoms with van der Waals surface area (Å²) < 4.78 is 4.67. The smallest absolute Gasteiger partial charge is 0.337 e. The number of rotatable bonds is 4. The van der Waals surface area contributed by atoms with Crippen molar-refractivity contribution in [2.75, 3.05) is 12.4 Å². The Morgan fingerprint density at radius 2 is 1.92 bits per heavy atom. The quantitative estimate of drug-likeness (QED) is 0.856. The Hall–Kier alpha value is -2.28. The van der Waals surface area contributed by atoms with Crippen LogP contribution in [0, 0.1) is 0 Å². The lowest BCUT2D eigenvalue weighted by Gasteiger charge is -2.18. The number of nitrogens with one attached hydrogen (secondary N) is 1. The number of carbonyl (C=O) groups is 2. The highest BCUT2D eigenvalue weighted by Crippen LogP contribution is 2.35. The van der Waals surface area contributed by atoms with Crippen molar-refractivity contribution in [3.05, 3.63) is 40.4 Å². The van der Waals surface area contributed by atoms with Gasteiger partial charge in [0.15, 0.2) is 0 Å². The normalized spacial score (nSPS) is 15.0. The van der Waals surface area contributed by atoms with Gasteiger partial charge in [0, 0.05) is 11.5 Å². The fraction of sp³-hybridized carbons (Fsp3) is 0.412. The van der Waals surface area contributed by atoms with Crippen molar-refractivity contribution < 1.29 is 14.3 Å². The van der Waals surface area contributed by atoms with Gasteiger partial charge in [-0.1, -0.05) is 36.7 Å². The van der Waals surface area contributed by atoms with Crippen molar-refractivity contribution >= 4 is 28.3 Å². The standard InChI is InChI=1S/C17H19N3O3S/c1-23-16(22)13-9-5-8-12(10-13)14(21)18-17-20-19-15(24-17)11-6-3-2-4-7-11/h5,8-11H,2-4,6-7H2,1H3,(H,18,20,21). The third-order valence-electron chi connectivity index (χ3n) is 4.16. The SMILES string of the molecule is COC(=O)c1cccc(C(=O)Nc2nnc(C3CCCCC3)s2)c1. The minimum absolute atomic E-state index is 0.313. The molecule has 1 fully saturated rings. The molecule has 1 aromatic carbocycles. The summed E-state index contributed by atoms with van der Waals surface area (Å²) in [5, 5.41) is 12.5. The highest BCUT2D eigenvalue weighted by Gasteiger charge is 2.20. The van der Waals surface area contributed by atoms with Crippen LogP contribution < -0.4 is 5.32 Å². The zero-order chi connectivity index (χ0) is 16.9. The molecule has 0 atom stereocenters. The molecule has 0 bridgehead atoms. The van der Waals surface area contributed by atoms with Crippen LogP contribution in [0.3, 0.4) is 0 Å². The van der Waals surface area contributed by atoms with E-state index in [4.69, 9.17) is 0 Å². The topological polar surface area (TPSA) is 81.2 Å². The van der Waals surface area contributed by atoms with Crippen LogP contribution in [0.25, 0.3) is 0 Å². The molecule has 1 saturated carbocycles. The number of carbonyl (C=O) groups excluding carboxylic acids is 2. The van der Waals surface area contributed by atoms with Gasteiger partial charge in [0.25, 0.3) is 5.91 Å². The van der Waals surface area contributed by atoms with Gasteiger partial charge in [-0.3, -0.25) is 10.1 Å².